The largest absolute Gasteiger partial charge is 0.497 e. The van der Waals surface area contributed by atoms with Crippen molar-refractivity contribution in [3.05, 3.63) is 29.8 Å². The minimum atomic E-state index is -0.484. The number of amides is 1. The molecule has 1 aromatic carbocycles. The van der Waals surface area contributed by atoms with Gasteiger partial charge in [0.2, 0.25) is 6.10 Å². The first-order chi connectivity index (χ1) is 12.2. The Kier molecular flexibility index (Phi) is 5.91. The van der Waals surface area contributed by atoms with Crippen LogP contribution in [-0.2, 0) is 20.8 Å². The maximum atomic E-state index is 12.7. The molecule has 25 heavy (non-hydrogen) atoms. The van der Waals surface area contributed by atoms with E-state index in [-0.39, 0.29) is 5.91 Å². The lowest BCUT2D eigenvalue weighted by molar-refractivity contribution is -0.144. The van der Waals surface area contributed by atoms with Crippen LogP contribution in [0.25, 0.3) is 0 Å². The Labute approximate surface area is 148 Å². The quantitative estimate of drug-likeness (QED) is 0.793. The topological polar surface area (TPSA) is 60.4 Å². The van der Waals surface area contributed by atoms with E-state index in [1.807, 2.05) is 29.2 Å². The van der Waals surface area contributed by atoms with E-state index in [0.29, 0.717) is 25.4 Å². The Hall–Kier alpha value is -2.08. The normalized spacial score (nSPS) is 23.1. The third-order valence-corrected chi connectivity index (χ3v) is 4.78. The molecule has 1 saturated heterocycles. The second kappa shape index (κ2) is 8.34. The molecule has 0 aliphatic carbocycles. The van der Waals surface area contributed by atoms with Crippen molar-refractivity contribution in [1.82, 2.24) is 4.90 Å². The molecule has 6 nitrogen and oxygen atoms in total. The van der Waals surface area contributed by atoms with E-state index < -0.39 is 6.10 Å². The Bertz CT molecular complexity index is 630. The van der Waals surface area contributed by atoms with Gasteiger partial charge in [-0.15, -0.1) is 0 Å². The van der Waals surface area contributed by atoms with Gasteiger partial charge in [-0.2, -0.15) is 0 Å². The van der Waals surface area contributed by atoms with Crippen LogP contribution in [0.2, 0.25) is 0 Å². The Morgan fingerprint density at radius 2 is 2.28 bits per heavy atom. The minimum absolute atomic E-state index is 0.0465. The fourth-order valence-corrected chi connectivity index (χ4v) is 3.52. The monoisotopic (exact) mass is 346 g/mol. The number of methoxy groups -OCH3 is 2. The van der Waals surface area contributed by atoms with Crippen molar-refractivity contribution >= 4 is 11.6 Å². The maximum Gasteiger partial charge on any atom is 0.266 e. The smallest absolute Gasteiger partial charge is 0.266 e. The van der Waals surface area contributed by atoms with Gasteiger partial charge in [-0.05, 0) is 36.5 Å². The third-order valence-electron chi connectivity index (χ3n) is 4.78. The second-order valence-corrected chi connectivity index (χ2v) is 6.73. The summed E-state index contributed by atoms with van der Waals surface area (Å²) in [5, 5.41) is 4.14. The first kappa shape index (κ1) is 17.7. The molecule has 1 amide bonds. The second-order valence-electron chi connectivity index (χ2n) is 6.73. The van der Waals surface area contributed by atoms with Gasteiger partial charge < -0.3 is 19.2 Å². The highest BCUT2D eigenvalue weighted by atomic mass is 16.6. The molecule has 1 fully saturated rings. The van der Waals surface area contributed by atoms with Gasteiger partial charge in [-0.25, -0.2) is 0 Å². The summed E-state index contributed by atoms with van der Waals surface area (Å²) in [6.45, 7) is 2.24. The molecule has 2 heterocycles. The van der Waals surface area contributed by atoms with Gasteiger partial charge in [-0.3, -0.25) is 4.79 Å². The van der Waals surface area contributed by atoms with E-state index in [1.165, 1.54) is 0 Å². The van der Waals surface area contributed by atoms with Crippen molar-refractivity contribution in [2.24, 2.45) is 11.1 Å². The summed E-state index contributed by atoms with van der Waals surface area (Å²) in [5.41, 5.74) is 2.00. The minimum Gasteiger partial charge on any atom is -0.497 e. The molecule has 0 bridgehead atoms. The summed E-state index contributed by atoms with van der Waals surface area (Å²) in [6, 6.07) is 7.88. The van der Waals surface area contributed by atoms with E-state index in [4.69, 9.17) is 14.3 Å². The molecule has 3 rings (SSSR count). The molecule has 6 heteroatoms. The number of carbonyl (C=O) groups excluding carboxylic acids is 1. The predicted octanol–water partition coefficient (Wildman–Crippen LogP) is 2.27. The number of hydrogen-bond donors (Lipinski definition) is 0. The molecule has 136 valence electrons. The summed E-state index contributed by atoms with van der Waals surface area (Å²) in [5.74, 6) is 1.29. The van der Waals surface area contributed by atoms with Crippen molar-refractivity contribution in [2.45, 2.75) is 31.8 Å². The number of benzene rings is 1. The molecular formula is C19H26N2O4. The molecule has 0 aromatic heterocycles. The number of rotatable bonds is 6. The van der Waals surface area contributed by atoms with Crippen molar-refractivity contribution in [3.63, 3.8) is 0 Å². The predicted molar refractivity (Wildman–Crippen MR) is 94.8 cm³/mol. The summed E-state index contributed by atoms with van der Waals surface area (Å²) >= 11 is 0. The number of nitrogens with zero attached hydrogens (tertiary/aromatic N) is 2. The van der Waals surface area contributed by atoms with E-state index in [1.54, 1.807) is 14.2 Å². The van der Waals surface area contributed by atoms with Gasteiger partial charge in [0.05, 0.1) is 19.4 Å². The van der Waals surface area contributed by atoms with Crippen molar-refractivity contribution in [1.29, 1.82) is 0 Å². The van der Waals surface area contributed by atoms with E-state index in [0.717, 1.165) is 43.0 Å². The van der Waals surface area contributed by atoms with Crippen molar-refractivity contribution in [2.75, 3.05) is 33.9 Å². The van der Waals surface area contributed by atoms with E-state index in [2.05, 4.69) is 5.16 Å². The lowest BCUT2D eigenvalue weighted by atomic mass is 9.97. The summed E-state index contributed by atoms with van der Waals surface area (Å²) in [7, 11) is 3.36. The number of oxime groups is 1. The standard InChI is InChI=1S/C19H26N2O4/c1-23-13-15-6-4-8-21(12-15)19(22)18-11-16(20-25-18)9-14-5-3-7-17(10-14)24-2/h3,5,7,10,15,18H,4,6,8-9,11-13H2,1-2H3/t15-,18-/m1/s1. The molecule has 0 N–H and O–H groups in total. The van der Waals surface area contributed by atoms with Crippen molar-refractivity contribution in [3.8, 4) is 5.75 Å². The Morgan fingerprint density at radius 1 is 1.40 bits per heavy atom. The average Bonchev–Trinajstić information content (AvgIpc) is 3.10. The van der Waals surface area contributed by atoms with Crippen LogP contribution in [0.5, 0.6) is 5.75 Å². The lowest BCUT2D eigenvalue weighted by Gasteiger charge is -2.33. The van der Waals surface area contributed by atoms with Gasteiger partial charge >= 0.3 is 0 Å². The van der Waals surface area contributed by atoms with Gasteiger partial charge in [0.1, 0.15) is 5.75 Å². The van der Waals surface area contributed by atoms with Crippen LogP contribution in [0.15, 0.2) is 29.4 Å². The zero-order valence-electron chi connectivity index (χ0n) is 14.9. The maximum absolute atomic E-state index is 12.7. The Morgan fingerprint density at radius 3 is 3.08 bits per heavy atom. The van der Waals surface area contributed by atoms with E-state index in [9.17, 15) is 4.79 Å². The van der Waals surface area contributed by atoms with Crippen LogP contribution in [0.3, 0.4) is 0 Å². The number of ether oxygens (including phenoxy) is 2. The van der Waals surface area contributed by atoms with Crippen molar-refractivity contribution < 1.29 is 19.1 Å². The average molecular weight is 346 g/mol. The molecule has 0 saturated carbocycles. The Balaban J connectivity index is 1.53. The number of likely N-dealkylation sites (tertiary alicyclic amines) is 1. The van der Waals surface area contributed by atoms with Crippen LogP contribution in [0, 0.1) is 5.92 Å². The zero-order chi connectivity index (χ0) is 17.6. The van der Waals surface area contributed by atoms with Crippen LogP contribution in [0.1, 0.15) is 24.8 Å². The fraction of sp³-hybridized carbons (Fsp3) is 0.579. The zero-order valence-corrected chi connectivity index (χ0v) is 14.9. The number of hydrogen-bond acceptors (Lipinski definition) is 5. The molecule has 0 spiro atoms. The van der Waals surface area contributed by atoms with Crippen LogP contribution in [-0.4, -0.2) is 56.5 Å². The fourth-order valence-electron chi connectivity index (χ4n) is 3.52. The van der Waals surface area contributed by atoms with Crippen LogP contribution >= 0.6 is 0 Å². The highest BCUT2D eigenvalue weighted by Gasteiger charge is 2.34. The first-order valence-electron chi connectivity index (χ1n) is 8.82. The summed E-state index contributed by atoms with van der Waals surface area (Å²) < 4.78 is 10.5. The van der Waals surface area contributed by atoms with E-state index >= 15 is 0 Å². The van der Waals surface area contributed by atoms with Gasteiger partial charge in [0, 0.05) is 33.0 Å². The third kappa shape index (κ3) is 4.51. The lowest BCUT2D eigenvalue weighted by Crippen LogP contribution is -2.45. The molecule has 0 radical (unpaired) electrons. The molecular weight excluding hydrogens is 320 g/mol. The van der Waals surface area contributed by atoms with Gasteiger partial charge in [0.25, 0.3) is 5.91 Å². The molecule has 0 unspecified atom stereocenters. The molecule has 2 aliphatic rings. The van der Waals surface area contributed by atoms with Crippen LogP contribution < -0.4 is 4.74 Å². The van der Waals surface area contributed by atoms with Gasteiger partial charge in [0.15, 0.2) is 0 Å². The molecule has 2 atom stereocenters. The van der Waals surface area contributed by atoms with Crippen LogP contribution in [0.4, 0.5) is 0 Å². The van der Waals surface area contributed by atoms with Gasteiger partial charge in [-0.1, -0.05) is 17.3 Å². The summed E-state index contributed by atoms with van der Waals surface area (Å²) in [6.07, 6.45) is 2.88. The summed E-state index contributed by atoms with van der Waals surface area (Å²) in [4.78, 5) is 20.1. The molecule has 2 aliphatic heterocycles. The highest BCUT2D eigenvalue weighted by molar-refractivity contribution is 5.94. The number of piperidine rings is 1. The SMILES string of the molecule is COC[C@@H]1CCCN(C(=O)[C@H]2CC(Cc3cccc(OC)c3)=NO2)C1. The first-order valence-corrected chi connectivity index (χ1v) is 8.82. The highest BCUT2D eigenvalue weighted by Crippen LogP contribution is 2.22. The molecule has 1 aromatic rings. The number of carbonyl (C=O) groups is 1.